The number of carbonyl (C=O) groups is 2. The van der Waals surface area contributed by atoms with Crippen LogP contribution in [0, 0.1) is 0 Å². The van der Waals surface area contributed by atoms with Crippen LogP contribution in [0.1, 0.15) is 44.9 Å². The van der Waals surface area contributed by atoms with Crippen molar-refractivity contribution >= 4 is 22.3 Å². The second kappa shape index (κ2) is 8.80. The van der Waals surface area contributed by atoms with Crippen molar-refractivity contribution in [1.82, 2.24) is 14.1 Å². The van der Waals surface area contributed by atoms with Crippen LogP contribution < -0.4 is 0 Å². The molecule has 0 spiro atoms. The van der Waals surface area contributed by atoms with Crippen LogP contribution in [0.25, 0.3) is 0 Å². The molecule has 0 bridgehead atoms. The molecule has 0 radical (unpaired) electrons. The summed E-state index contributed by atoms with van der Waals surface area (Å²) in [5.41, 5.74) is 0. The molecular weight excluding hydrogens is 330 g/mol. The number of piperazine rings is 1. The maximum Gasteiger partial charge on any atom is 0.224 e. The third kappa shape index (κ3) is 5.44. The van der Waals surface area contributed by atoms with Gasteiger partial charge in [-0.3, -0.25) is 9.59 Å². The summed E-state index contributed by atoms with van der Waals surface area (Å²) < 4.78 is 25.9. The molecule has 1 aliphatic carbocycles. The van der Waals surface area contributed by atoms with Crippen LogP contribution in [0.4, 0.5) is 0 Å². The predicted octanol–water partition coefficient (Wildman–Crippen LogP) is 0.662. The molecule has 0 aromatic heterocycles. The average molecular weight is 359 g/mol. The summed E-state index contributed by atoms with van der Waals surface area (Å²) in [6.45, 7) is 2.41. The van der Waals surface area contributed by atoms with Gasteiger partial charge in [0, 0.05) is 45.2 Å². The molecule has 1 aliphatic heterocycles. The highest BCUT2D eigenvalue weighted by atomic mass is 32.2. The maximum absolute atomic E-state index is 12.4. The molecule has 2 fully saturated rings. The molecule has 0 N–H and O–H groups in total. The van der Waals surface area contributed by atoms with E-state index in [1.165, 1.54) is 10.6 Å². The second-order valence-electron chi connectivity index (χ2n) is 6.79. The Kier molecular flexibility index (Phi) is 7.03. The maximum atomic E-state index is 12.4. The van der Waals surface area contributed by atoms with Crippen LogP contribution in [0.2, 0.25) is 0 Å². The largest absolute Gasteiger partial charge is 0.342 e. The fourth-order valence-corrected chi connectivity index (χ4v) is 4.78. The van der Waals surface area contributed by atoms with Crippen molar-refractivity contribution in [2.75, 3.05) is 39.0 Å². The number of nitrogens with zero attached hydrogens (tertiary/aromatic N) is 3. The van der Waals surface area contributed by atoms with Crippen molar-refractivity contribution in [3.8, 4) is 0 Å². The zero-order chi connectivity index (χ0) is 17.6. The third-order valence-electron chi connectivity index (χ3n) is 5.02. The van der Waals surface area contributed by atoms with Gasteiger partial charge in [0.25, 0.3) is 0 Å². The average Bonchev–Trinajstić information content (AvgIpc) is 2.83. The third-order valence-corrected chi connectivity index (χ3v) is 6.35. The normalized spacial score (nSPS) is 20.9. The number of carbonyl (C=O) groups excluding carboxylic acids is 2. The van der Waals surface area contributed by atoms with Crippen molar-refractivity contribution in [2.45, 2.75) is 51.0 Å². The molecule has 2 aliphatic rings. The van der Waals surface area contributed by atoms with Crippen molar-refractivity contribution in [3.05, 3.63) is 0 Å². The fraction of sp³-hybridized carbons (Fsp3) is 0.875. The number of sulfonamides is 1. The van der Waals surface area contributed by atoms with Crippen molar-refractivity contribution in [1.29, 1.82) is 0 Å². The van der Waals surface area contributed by atoms with E-state index in [2.05, 4.69) is 0 Å². The van der Waals surface area contributed by atoms with Crippen molar-refractivity contribution in [3.63, 3.8) is 0 Å². The van der Waals surface area contributed by atoms with Crippen LogP contribution in [-0.4, -0.2) is 79.9 Å². The molecular formula is C16H29N3O4S. The monoisotopic (exact) mass is 359 g/mol. The molecule has 1 saturated heterocycles. The lowest BCUT2D eigenvalue weighted by molar-refractivity contribution is -0.135. The summed E-state index contributed by atoms with van der Waals surface area (Å²) in [4.78, 5) is 26.5. The highest BCUT2D eigenvalue weighted by molar-refractivity contribution is 7.88. The molecule has 138 valence electrons. The Morgan fingerprint density at radius 2 is 1.67 bits per heavy atom. The number of hydrogen-bond donors (Lipinski definition) is 0. The summed E-state index contributed by atoms with van der Waals surface area (Å²) in [7, 11) is -3.31. The minimum atomic E-state index is -3.31. The van der Waals surface area contributed by atoms with Gasteiger partial charge in [-0.15, -0.1) is 0 Å². The SMILES string of the molecule is CS(=O)(=O)N(CCC(=O)N1CCN(C=O)CC1)C1CCCCCC1. The summed E-state index contributed by atoms with van der Waals surface area (Å²) in [5, 5.41) is 0. The molecule has 24 heavy (non-hydrogen) atoms. The Balaban J connectivity index is 1.90. The lowest BCUT2D eigenvalue weighted by atomic mass is 10.1. The molecule has 0 atom stereocenters. The zero-order valence-electron chi connectivity index (χ0n) is 14.5. The predicted molar refractivity (Wildman–Crippen MR) is 91.9 cm³/mol. The second-order valence-corrected chi connectivity index (χ2v) is 8.73. The van der Waals surface area contributed by atoms with E-state index in [0.29, 0.717) is 26.2 Å². The first kappa shape index (κ1) is 19.2. The van der Waals surface area contributed by atoms with Crippen LogP contribution in [0.3, 0.4) is 0 Å². The van der Waals surface area contributed by atoms with Crippen LogP contribution in [0.5, 0.6) is 0 Å². The van der Waals surface area contributed by atoms with E-state index in [1.807, 2.05) is 0 Å². The van der Waals surface area contributed by atoms with Crippen LogP contribution in [0.15, 0.2) is 0 Å². The Hall–Kier alpha value is -1.15. The van der Waals surface area contributed by atoms with E-state index in [0.717, 1.165) is 44.9 Å². The summed E-state index contributed by atoms with van der Waals surface area (Å²) >= 11 is 0. The standard InChI is InChI=1S/C16H29N3O4S/c1-24(22,23)19(15-6-4-2-3-5-7-15)9-8-16(21)18-12-10-17(14-20)11-13-18/h14-15H,2-13H2,1H3. The van der Waals surface area contributed by atoms with Gasteiger partial charge < -0.3 is 9.80 Å². The summed E-state index contributed by atoms with van der Waals surface area (Å²) in [6.07, 6.45) is 8.46. The van der Waals surface area contributed by atoms with Gasteiger partial charge in [-0.1, -0.05) is 25.7 Å². The Bertz CT molecular complexity index is 521. The molecule has 0 aromatic rings. The molecule has 1 saturated carbocycles. The highest BCUT2D eigenvalue weighted by Crippen LogP contribution is 2.24. The Morgan fingerprint density at radius 3 is 2.17 bits per heavy atom. The van der Waals surface area contributed by atoms with E-state index in [-0.39, 0.29) is 24.9 Å². The number of hydrogen-bond acceptors (Lipinski definition) is 4. The summed E-state index contributed by atoms with van der Waals surface area (Å²) in [5.74, 6) is -0.0252. The molecule has 2 rings (SSSR count). The first-order chi connectivity index (χ1) is 11.4. The first-order valence-corrected chi connectivity index (χ1v) is 10.7. The topological polar surface area (TPSA) is 78.0 Å². The molecule has 0 aromatic carbocycles. The van der Waals surface area contributed by atoms with Gasteiger partial charge in [0.1, 0.15) is 0 Å². The number of rotatable bonds is 6. The molecule has 0 unspecified atom stereocenters. The van der Waals surface area contributed by atoms with Gasteiger partial charge >= 0.3 is 0 Å². The van der Waals surface area contributed by atoms with Crippen molar-refractivity contribution < 1.29 is 18.0 Å². The van der Waals surface area contributed by atoms with E-state index < -0.39 is 10.0 Å². The smallest absolute Gasteiger partial charge is 0.224 e. The van der Waals surface area contributed by atoms with Crippen LogP contribution >= 0.6 is 0 Å². The number of amides is 2. The molecule has 2 amide bonds. The van der Waals surface area contributed by atoms with Gasteiger partial charge in [-0.2, -0.15) is 4.31 Å². The Labute approximate surface area is 145 Å². The van der Waals surface area contributed by atoms with Gasteiger partial charge in [-0.05, 0) is 12.8 Å². The lowest BCUT2D eigenvalue weighted by Crippen LogP contribution is -2.49. The lowest BCUT2D eigenvalue weighted by Gasteiger charge is -2.34. The minimum absolute atomic E-state index is 0.0252. The summed E-state index contributed by atoms with van der Waals surface area (Å²) in [6, 6.07) is 0.0298. The quantitative estimate of drug-likeness (QED) is 0.516. The van der Waals surface area contributed by atoms with Crippen LogP contribution in [-0.2, 0) is 19.6 Å². The van der Waals surface area contributed by atoms with Gasteiger partial charge in [-0.25, -0.2) is 8.42 Å². The van der Waals surface area contributed by atoms with E-state index in [9.17, 15) is 18.0 Å². The first-order valence-electron chi connectivity index (χ1n) is 8.86. The van der Waals surface area contributed by atoms with Crippen molar-refractivity contribution in [2.24, 2.45) is 0 Å². The van der Waals surface area contributed by atoms with E-state index in [1.54, 1.807) is 9.80 Å². The van der Waals surface area contributed by atoms with Gasteiger partial charge in [0.15, 0.2) is 0 Å². The van der Waals surface area contributed by atoms with E-state index in [4.69, 9.17) is 0 Å². The minimum Gasteiger partial charge on any atom is -0.342 e. The van der Waals surface area contributed by atoms with Gasteiger partial charge in [0.2, 0.25) is 22.3 Å². The molecule has 1 heterocycles. The van der Waals surface area contributed by atoms with E-state index >= 15 is 0 Å². The molecule has 8 heteroatoms. The molecule has 7 nitrogen and oxygen atoms in total. The Morgan fingerprint density at radius 1 is 1.08 bits per heavy atom. The highest BCUT2D eigenvalue weighted by Gasteiger charge is 2.29. The zero-order valence-corrected chi connectivity index (χ0v) is 15.3. The van der Waals surface area contributed by atoms with Gasteiger partial charge in [0.05, 0.1) is 6.26 Å². The fourth-order valence-electron chi connectivity index (χ4n) is 3.61.